The Kier molecular flexibility index (Phi) is 16.3. The summed E-state index contributed by atoms with van der Waals surface area (Å²) in [6, 6.07) is 0.939. The van der Waals surface area contributed by atoms with E-state index in [0.717, 1.165) is 23.7 Å². The van der Waals surface area contributed by atoms with E-state index in [1.54, 1.807) is 0 Å². The third kappa shape index (κ3) is 9.35. The van der Waals surface area contributed by atoms with E-state index in [1.807, 2.05) is 0 Å². The standard InChI is InChI=1S/C28H52N2.CH3.ClH.Pd/c1-17(2)23-13-11-14-24(18(3)4)27(23)29-21(9)22(10)30-28-25(19(5)6)15-12-16-26(28)20(7)8;;;/h17-20,23-28H,11-16H2,1-10H3;1H3;1H;/q;-1;;+2/p-1. The SMILES string of the molecule is CC(=NC1C(C(C)C)CCCC1C(C)C)C(C)=NC1C(C(C)C)CCCC1C(C)C.[CH3-].[Cl][Pd+]. The van der Waals surface area contributed by atoms with Crippen molar-refractivity contribution in [3.05, 3.63) is 7.43 Å². The molecule has 0 aliphatic heterocycles. The minimum absolute atomic E-state index is 0. The van der Waals surface area contributed by atoms with Crippen LogP contribution >= 0.6 is 9.53 Å². The molecule has 0 aromatic heterocycles. The molecule has 2 saturated carbocycles. The van der Waals surface area contributed by atoms with Crippen molar-refractivity contribution in [2.45, 2.75) is 120 Å². The van der Waals surface area contributed by atoms with Crippen LogP contribution in [0.4, 0.5) is 0 Å². The molecular weight excluding hydrogens is 518 g/mol. The third-order valence-corrected chi connectivity index (χ3v) is 8.54. The summed E-state index contributed by atoms with van der Waals surface area (Å²) in [6.07, 6.45) is 8.10. The summed E-state index contributed by atoms with van der Waals surface area (Å²) in [5, 5.41) is 0. The zero-order valence-electron chi connectivity index (χ0n) is 23.6. The monoisotopic (exact) mass is 572 g/mol. The van der Waals surface area contributed by atoms with Crippen LogP contribution in [0.15, 0.2) is 9.98 Å². The second-order valence-electron chi connectivity index (χ2n) is 11.9. The molecule has 0 aromatic rings. The van der Waals surface area contributed by atoms with Crippen molar-refractivity contribution < 1.29 is 18.2 Å². The van der Waals surface area contributed by atoms with Crippen molar-refractivity contribution in [2.24, 2.45) is 57.3 Å². The van der Waals surface area contributed by atoms with Gasteiger partial charge in [0.05, 0.1) is 23.5 Å². The molecular formula is C29H55ClN2Pd. The van der Waals surface area contributed by atoms with Gasteiger partial charge in [0.15, 0.2) is 0 Å². The molecule has 198 valence electrons. The number of hydrogen-bond acceptors (Lipinski definition) is 2. The molecule has 2 fully saturated rings. The van der Waals surface area contributed by atoms with Crippen LogP contribution in [0.2, 0.25) is 0 Å². The summed E-state index contributed by atoms with van der Waals surface area (Å²) >= 11 is 2.22. The summed E-state index contributed by atoms with van der Waals surface area (Å²) in [7, 11) is 4.49. The average Bonchev–Trinajstić information content (AvgIpc) is 2.74. The molecule has 4 unspecified atom stereocenters. The summed E-state index contributed by atoms with van der Waals surface area (Å²) in [4.78, 5) is 10.9. The van der Waals surface area contributed by atoms with E-state index < -0.39 is 0 Å². The van der Waals surface area contributed by atoms with E-state index in [1.165, 1.54) is 49.9 Å². The fourth-order valence-corrected chi connectivity index (χ4v) is 6.42. The quantitative estimate of drug-likeness (QED) is 0.165. The number of halogens is 1. The van der Waals surface area contributed by atoms with Crippen LogP contribution in [0.3, 0.4) is 0 Å². The van der Waals surface area contributed by atoms with Gasteiger partial charge in [0.25, 0.3) is 0 Å². The second kappa shape index (κ2) is 16.1. The van der Waals surface area contributed by atoms with Crippen molar-refractivity contribution in [3.63, 3.8) is 0 Å². The number of nitrogens with zero attached hydrogens (tertiary/aromatic N) is 2. The number of rotatable bonds is 7. The van der Waals surface area contributed by atoms with E-state index >= 15 is 0 Å². The van der Waals surface area contributed by atoms with Gasteiger partial charge in [-0.3, -0.25) is 9.98 Å². The molecule has 0 aromatic carbocycles. The normalized spacial score (nSPS) is 31.5. The van der Waals surface area contributed by atoms with Crippen molar-refractivity contribution in [1.82, 2.24) is 0 Å². The number of hydrogen-bond donors (Lipinski definition) is 0. The summed E-state index contributed by atoms with van der Waals surface area (Å²) < 4.78 is 0. The zero-order chi connectivity index (χ0) is 24.6. The fraction of sp³-hybridized carbons (Fsp3) is 0.897. The van der Waals surface area contributed by atoms with Crippen molar-refractivity contribution in [2.75, 3.05) is 0 Å². The first-order chi connectivity index (χ1) is 15.0. The van der Waals surface area contributed by atoms with E-state index in [4.69, 9.17) is 9.98 Å². The Balaban J connectivity index is 0.00000332. The van der Waals surface area contributed by atoms with Gasteiger partial charge in [-0.1, -0.05) is 68.2 Å². The summed E-state index contributed by atoms with van der Waals surface area (Å²) in [6.45, 7) is 23.7. The molecule has 2 rings (SSSR count). The van der Waals surface area contributed by atoms with Gasteiger partial charge in [-0.2, -0.15) is 0 Å². The van der Waals surface area contributed by atoms with Crippen LogP contribution < -0.4 is 0 Å². The molecule has 0 radical (unpaired) electrons. The van der Waals surface area contributed by atoms with Gasteiger partial charge in [0, 0.05) is 0 Å². The van der Waals surface area contributed by atoms with Gasteiger partial charge in [-0.05, 0) is 86.9 Å². The topological polar surface area (TPSA) is 24.7 Å². The van der Waals surface area contributed by atoms with Gasteiger partial charge in [0.2, 0.25) is 0 Å². The Morgan fingerprint density at radius 2 is 0.788 bits per heavy atom. The molecule has 0 N–H and O–H groups in total. The molecule has 0 bridgehead atoms. The molecule has 4 atom stereocenters. The van der Waals surface area contributed by atoms with Crippen LogP contribution in [0.1, 0.15) is 108 Å². The van der Waals surface area contributed by atoms with E-state index in [9.17, 15) is 0 Å². The molecule has 0 heterocycles. The Morgan fingerprint density at radius 3 is 0.970 bits per heavy atom. The van der Waals surface area contributed by atoms with E-state index in [2.05, 4.69) is 96.9 Å². The van der Waals surface area contributed by atoms with Crippen LogP contribution in [0.5, 0.6) is 0 Å². The Labute approximate surface area is 223 Å². The summed E-state index contributed by atoms with van der Waals surface area (Å²) in [5.74, 6) is 5.70. The van der Waals surface area contributed by atoms with E-state index in [0.29, 0.717) is 35.8 Å². The molecule has 2 aliphatic carbocycles. The molecule has 0 amide bonds. The molecule has 0 spiro atoms. The average molecular weight is 574 g/mol. The van der Waals surface area contributed by atoms with Crippen molar-refractivity contribution in [1.29, 1.82) is 0 Å². The summed E-state index contributed by atoms with van der Waals surface area (Å²) in [5.41, 5.74) is 2.41. The predicted octanol–water partition coefficient (Wildman–Crippen LogP) is 9.24. The van der Waals surface area contributed by atoms with Crippen molar-refractivity contribution in [3.8, 4) is 0 Å². The first-order valence-electron chi connectivity index (χ1n) is 13.3. The Morgan fingerprint density at radius 1 is 0.576 bits per heavy atom. The maximum absolute atomic E-state index is 5.43. The first kappa shape index (κ1) is 33.3. The molecule has 2 aliphatic rings. The van der Waals surface area contributed by atoms with Gasteiger partial charge < -0.3 is 7.43 Å². The van der Waals surface area contributed by atoms with E-state index in [-0.39, 0.29) is 7.43 Å². The molecule has 2 nitrogen and oxygen atoms in total. The minimum atomic E-state index is 0. The van der Waals surface area contributed by atoms with Crippen LogP contribution in [-0.2, 0) is 18.2 Å². The molecule has 33 heavy (non-hydrogen) atoms. The third-order valence-electron chi connectivity index (χ3n) is 8.54. The van der Waals surface area contributed by atoms with Gasteiger partial charge in [-0.15, -0.1) is 0 Å². The number of aliphatic imine (C=N–C) groups is 2. The van der Waals surface area contributed by atoms with Gasteiger partial charge in [-0.25, -0.2) is 0 Å². The van der Waals surface area contributed by atoms with Crippen LogP contribution in [0.25, 0.3) is 0 Å². The first-order valence-corrected chi connectivity index (χ1v) is 15.3. The van der Waals surface area contributed by atoms with Gasteiger partial charge in [0.1, 0.15) is 0 Å². The van der Waals surface area contributed by atoms with Gasteiger partial charge >= 0.3 is 27.7 Å². The predicted molar refractivity (Wildman–Crippen MR) is 147 cm³/mol. The Bertz CT molecular complexity index is 512. The van der Waals surface area contributed by atoms with Crippen LogP contribution in [0, 0.1) is 54.8 Å². The fourth-order valence-electron chi connectivity index (χ4n) is 6.42. The Hall–Kier alpha value is 0.292. The van der Waals surface area contributed by atoms with Crippen molar-refractivity contribution >= 4 is 21.0 Å². The molecule has 4 heteroatoms. The second-order valence-corrected chi connectivity index (χ2v) is 11.9. The maximum atomic E-state index is 5.43. The van der Waals surface area contributed by atoms with Crippen LogP contribution in [-0.4, -0.2) is 23.5 Å². The molecule has 0 saturated heterocycles. The zero-order valence-corrected chi connectivity index (χ0v) is 25.9.